The zero-order valence-electron chi connectivity index (χ0n) is 9.37. The molecule has 17 heavy (non-hydrogen) atoms. The molecule has 8 heteroatoms. The van der Waals surface area contributed by atoms with Crippen LogP contribution in [0.5, 0.6) is 5.75 Å². The minimum Gasteiger partial charge on any atom is -0.490 e. The number of ether oxygens (including phenoxy) is 1. The smallest absolute Gasteiger partial charge is 0.203 e. The van der Waals surface area contributed by atoms with E-state index in [-0.39, 0.29) is 0 Å². The summed E-state index contributed by atoms with van der Waals surface area (Å²) in [6.07, 6.45) is 4.80. The maximum atomic E-state index is 5.65. The molecule has 2 aromatic heterocycles. The first kappa shape index (κ1) is 11.1. The first-order valence-electron chi connectivity index (χ1n) is 5.03. The van der Waals surface area contributed by atoms with Crippen molar-refractivity contribution in [3.05, 3.63) is 18.7 Å². The van der Waals surface area contributed by atoms with E-state index in [1.807, 2.05) is 0 Å². The normalized spacial score (nSPS) is 10.2. The molecule has 0 atom stereocenters. The molecule has 2 aromatic rings. The van der Waals surface area contributed by atoms with Crippen molar-refractivity contribution < 1.29 is 4.74 Å². The molecule has 0 aromatic carbocycles. The monoisotopic (exact) mass is 235 g/mol. The van der Waals surface area contributed by atoms with Crippen molar-refractivity contribution in [1.82, 2.24) is 25.0 Å². The number of nitrogens with zero attached hydrogens (tertiary/aromatic N) is 5. The van der Waals surface area contributed by atoms with Crippen molar-refractivity contribution >= 4 is 11.6 Å². The molecular weight excluding hydrogens is 222 g/mol. The van der Waals surface area contributed by atoms with Gasteiger partial charge in [-0.1, -0.05) is 5.21 Å². The third-order valence-corrected chi connectivity index (χ3v) is 2.14. The van der Waals surface area contributed by atoms with Crippen LogP contribution in [0.2, 0.25) is 0 Å². The molecule has 0 radical (unpaired) electrons. The Morgan fingerprint density at radius 2 is 2.35 bits per heavy atom. The summed E-state index contributed by atoms with van der Waals surface area (Å²) in [6, 6.07) is 0. The van der Waals surface area contributed by atoms with Gasteiger partial charge >= 0.3 is 0 Å². The van der Waals surface area contributed by atoms with E-state index < -0.39 is 0 Å². The SMILES string of the molecule is COc1c(N)ncnc1NCCn1ccnn1. The first-order chi connectivity index (χ1) is 8.31. The van der Waals surface area contributed by atoms with Crippen LogP contribution >= 0.6 is 0 Å². The van der Waals surface area contributed by atoms with Gasteiger partial charge in [0.1, 0.15) is 6.33 Å². The van der Waals surface area contributed by atoms with Crippen LogP contribution in [-0.2, 0) is 6.54 Å². The lowest BCUT2D eigenvalue weighted by Crippen LogP contribution is -2.13. The number of nitrogens with one attached hydrogen (secondary N) is 1. The number of anilines is 2. The quantitative estimate of drug-likeness (QED) is 0.737. The van der Waals surface area contributed by atoms with E-state index in [1.54, 1.807) is 17.1 Å². The summed E-state index contributed by atoms with van der Waals surface area (Å²) < 4.78 is 6.83. The number of methoxy groups -OCH3 is 1. The Hall–Kier alpha value is -2.38. The second-order valence-corrected chi connectivity index (χ2v) is 3.23. The van der Waals surface area contributed by atoms with Crippen LogP contribution in [-0.4, -0.2) is 38.6 Å². The van der Waals surface area contributed by atoms with Gasteiger partial charge < -0.3 is 15.8 Å². The summed E-state index contributed by atoms with van der Waals surface area (Å²) in [4.78, 5) is 7.90. The zero-order chi connectivity index (χ0) is 12.1. The first-order valence-corrected chi connectivity index (χ1v) is 5.03. The van der Waals surface area contributed by atoms with Crippen molar-refractivity contribution in [1.29, 1.82) is 0 Å². The van der Waals surface area contributed by atoms with Gasteiger partial charge in [0.05, 0.1) is 19.9 Å². The standard InChI is InChI=1S/C9H13N7O/c1-17-7-8(10)12-6-13-9(7)11-2-4-16-5-3-14-15-16/h3,5-6H,2,4H2,1H3,(H3,10,11,12,13). The highest BCUT2D eigenvalue weighted by Gasteiger charge is 2.08. The van der Waals surface area contributed by atoms with E-state index in [1.165, 1.54) is 13.4 Å². The number of aromatic nitrogens is 5. The third-order valence-electron chi connectivity index (χ3n) is 2.14. The molecule has 0 amide bonds. The maximum Gasteiger partial charge on any atom is 0.203 e. The Kier molecular flexibility index (Phi) is 3.34. The highest BCUT2D eigenvalue weighted by atomic mass is 16.5. The Morgan fingerprint density at radius 1 is 1.47 bits per heavy atom. The Morgan fingerprint density at radius 3 is 3.06 bits per heavy atom. The topological polar surface area (TPSA) is 104 Å². The molecule has 0 spiro atoms. The van der Waals surface area contributed by atoms with Gasteiger partial charge in [-0.2, -0.15) is 0 Å². The molecule has 0 unspecified atom stereocenters. The second kappa shape index (κ2) is 5.10. The van der Waals surface area contributed by atoms with E-state index in [0.717, 1.165) is 0 Å². The van der Waals surface area contributed by atoms with Gasteiger partial charge in [0.2, 0.25) is 5.75 Å². The lowest BCUT2D eigenvalue weighted by molar-refractivity contribution is 0.415. The van der Waals surface area contributed by atoms with Crippen LogP contribution in [0.1, 0.15) is 0 Å². The Balaban J connectivity index is 1.97. The van der Waals surface area contributed by atoms with Gasteiger partial charge in [0.15, 0.2) is 11.6 Å². The van der Waals surface area contributed by atoms with Crippen molar-refractivity contribution in [3.63, 3.8) is 0 Å². The molecule has 8 nitrogen and oxygen atoms in total. The second-order valence-electron chi connectivity index (χ2n) is 3.23. The molecule has 0 fully saturated rings. The average molecular weight is 235 g/mol. The fourth-order valence-electron chi connectivity index (χ4n) is 1.36. The minimum atomic E-state index is 0.311. The Bertz CT molecular complexity index is 470. The number of hydrogen-bond acceptors (Lipinski definition) is 7. The molecule has 0 saturated heterocycles. The van der Waals surface area contributed by atoms with E-state index in [9.17, 15) is 0 Å². The molecule has 3 N–H and O–H groups in total. The van der Waals surface area contributed by atoms with Crippen LogP contribution in [0.4, 0.5) is 11.6 Å². The highest BCUT2D eigenvalue weighted by molar-refractivity contribution is 5.61. The summed E-state index contributed by atoms with van der Waals surface area (Å²) >= 11 is 0. The summed E-state index contributed by atoms with van der Waals surface area (Å²) in [5, 5.41) is 10.7. The fourth-order valence-corrected chi connectivity index (χ4v) is 1.36. The summed E-state index contributed by atoms with van der Waals surface area (Å²) in [7, 11) is 1.53. The molecule has 0 aliphatic heterocycles. The minimum absolute atomic E-state index is 0.311. The van der Waals surface area contributed by atoms with Crippen LogP contribution in [0, 0.1) is 0 Å². The summed E-state index contributed by atoms with van der Waals surface area (Å²) in [5.41, 5.74) is 5.65. The average Bonchev–Trinajstić information content (AvgIpc) is 2.82. The van der Waals surface area contributed by atoms with E-state index in [4.69, 9.17) is 10.5 Å². The zero-order valence-corrected chi connectivity index (χ0v) is 9.37. The molecule has 0 aliphatic rings. The van der Waals surface area contributed by atoms with Crippen LogP contribution in [0.3, 0.4) is 0 Å². The number of hydrogen-bond donors (Lipinski definition) is 2. The van der Waals surface area contributed by atoms with Gasteiger partial charge in [-0.25, -0.2) is 9.97 Å². The number of nitrogens with two attached hydrogens (primary N) is 1. The van der Waals surface area contributed by atoms with E-state index in [0.29, 0.717) is 30.5 Å². The molecule has 0 saturated carbocycles. The van der Waals surface area contributed by atoms with Gasteiger partial charge in [0, 0.05) is 12.7 Å². The Labute approximate surface area is 97.8 Å². The van der Waals surface area contributed by atoms with E-state index >= 15 is 0 Å². The molecular formula is C9H13N7O. The third kappa shape index (κ3) is 2.60. The van der Waals surface area contributed by atoms with Gasteiger partial charge in [-0.3, -0.25) is 4.68 Å². The van der Waals surface area contributed by atoms with Gasteiger partial charge in [-0.15, -0.1) is 5.10 Å². The van der Waals surface area contributed by atoms with E-state index in [2.05, 4.69) is 25.6 Å². The molecule has 2 rings (SSSR count). The van der Waals surface area contributed by atoms with Gasteiger partial charge in [-0.05, 0) is 0 Å². The molecule has 90 valence electrons. The highest BCUT2D eigenvalue weighted by Crippen LogP contribution is 2.25. The summed E-state index contributed by atoms with van der Waals surface area (Å²) in [5.74, 6) is 1.33. The lowest BCUT2D eigenvalue weighted by Gasteiger charge is -2.10. The predicted molar refractivity (Wildman–Crippen MR) is 61.5 cm³/mol. The lowest BCUT2D eigenvalue weighted by atomic mass is 10.4. The molecule has 2 heterocycles. The number of rotatable bonds is 5. The fraction of sp³-hybridized carbons (Fsp3) is 0.333. The van der Waals surface area contributed by atoms with Crippen LogP contribution in [0.25, 0.3) is 0 Å². The van der Waals surface area contributed by atoms with Crippen molar-refractivity contribution in [2.24, 2.45) is 0 Å². The van der Waals surface area contributed by atoms with Crippen LogP contribution < -0.4 is 15.8 Å². The predicted octanol–water partition coefficient (Wildman–Crippen LogP) is -0.229. The maximum absolute atomic E-state index is 5.65. The molecule has 0 aliphatic carbocycles. The van der Waals surface area contributed by atoms with Crippen LogP contribution in [0.15, 0.2) is 18.7 Å². The summed E-state index contributed by atoms with van der Waals surface area (Å²) in [6.45, 7) is 1.31. The van der Waals surface area contributed by atoms with Crippen molar-refractivity contribution in [3.8, 4) is 5.75 Å². The largest absolute Gasteiger partial charge is 0.490 e. The van der Waals surface area contributed by atoms with Crippen molar-refractivity contribution in [2.75, 3.05) is 24.7 Å². The molecule has 0 bridgehead atoms. The number of nitrogen functional groups attached to an aromatic ring is 1. The van der Waals surface area contributed by atoms with Gasteiger partial charge in [0.25, 0.3) is 0 Å². The van der Waals surface area contributed by atoms with Crippen molar-refractivity contribution in [2.45, 2.75) is 6.54 Å².